The molecule has 3 N–H and O–H groups in total. The highest BCUT2D eigenvalue weighted by atomic mass is 19.4. The van der Waals surface area contributed by atoms with Crippen LogP contribution in [0.5, 0.6) is 0 Å². The first-order valence-electron chi connectivity index (χ1n) is 10.4. The van der Waals surface area contributed by atoms with Gasteiger partial charge in [0.15, 0.2) is 0 Å². The first-order chi connectivity index (χ1) is 15.2. The van der Waals surface area contributed by atoms with E-state index in [9.17, 15) is 22.8 Å². The molecular weight excluding hydrogens is 436 g/mol. The molecule has 0 bridgehead atoms. The van der Waals surface area contributed by atoms with Crippen LogP contribution in [0.1, 0.15) is 49.2 Å². The van der Waals surface area contributed by atoms with Crippen LogP contribution < -0.4 is 16.5 Å². The molecule has 176 valence electrons. The number of alkyl halides is 3. The van der Waals surface area contributed by atoms with E-state index in [2.05, 4.69) is 5.32 Å². The number of rotatable bonds is 6. The van der Waals surface area contributed by atoms with Crippen molar-refractivity contribution < 1.29 is 32.1 Å². The summed E-state index contributed by atoms with van der Waals surface area (Å²) in [5.41, 5.74) is 4.18. The lowest BCUT2D eigenvalue weighted by Crippen LogP contribution is -2.46. The Kier molecular flexibility index (Phi) is 6.63. The number of nitrogens with two attached hydrogens (primary N) is 1. The van der Waals surface area contributed by atoms with Crippen LogP contribution in [0, 0.1) is 0 Å². The summed E-state index contributed by atoms with van der Waals surface area (Å²) >= 11 is 0. The molecule has 2 amide bonds. The van der Waals surface area contributed by atoms with E-state index in [0.717, 1.165) is 17.6 Å². The summed E-state index contributed by atoms with van der Waals surface area (Å²) in [4.78, 5) is 24.4. The zero-order chi connectivity index (χ0) is 24.6. The molecule has 0 unspecified atom stereocenters. The van der Waals surface area contributed by atoms with Crippen molar-refractivity contribution in [2.75, 3.05) is 0 Å². The Bertz CT molecular complexity index is 1020. The summed E-state index contributed by atoms with van der Waals surface area (Å²) in [6.07, 6.45) is -4.70. The Morgan fingerprint density at radius 1 is 1.00 bits per heavy atom. The van der Waals surface area contributed by atoms with E-state index < -0.39 is 53.5 Å². The monoisotopic (exact) mass is 462 g/mol. The number of carbonyl (C=O) groups excluding carboxylic acids is 2. The maximum atomic E-state index is 13.2. The predicted molar refractivity (Wildman–Crippen MR) is 118 cm³/mol. The van der Waals surface area contributed by atoms with Gasteiger partial charge in [-0.25, -0.2) is 0 Å². The zero-order valence-corrected chi connectivity index (χ0v) is 18.8. The smallest absolute Gasteiger partial charge is 0.399 e. The molecule has 3 rings (SSSR count). The van der Waals surface area contributed by atoms with Crippen molar-refractivity contribution in [3.8, 4) is 0 Å². The number of halogens is 3. The summed E-state index contributed by atoms with van der Waals surface area (Å²) in [7, 11) is -0.561. The lowest BCUT2D eigenvalue weighted by molar-refractivity contribution is -0.137. The van der Waals surface area contributed by atoms with Crippen molar-refractivity contribution in [3.63, 3.8) is 0 Å². The van der Waals surface area contributed by atoms with E-state index in [4.69, 9.17) is 15.0 Å². The second-order valence-electron chi connectivity index (χ2n) is 9.01. The lowest BCUT2D eigenvalue weighted by atomic mass is 9.78. The average molecular weight is 462 g/mol. The third-order valence-corrected chi connectivity index (χ3v) is 6.07. The van der Waals surface area contributed by atoms with E-state index in [1.807, 2.05) is 27.7 Å². The number of nitrogens with one attached hydrogen (secondary N) is 1. The molecule has 2 aromatic rings. The molecule has 1 saturated heterocycles. The van der Waals surface area contributed by atoms with Crippen molar-refractivity contribution >= 4 is 24.4 Å². The van der Waals surface area contributed by atoms with Crippen LogP contribution in [0.3, 0.4) is 0 Å². The summed E-state index contributed by atoms with van der Waals surface area (Å²) in [5, 5.41) is 2.32. The Morgan fingerprint density at radius 3 is 2.06 bits per heavy atom. The number of hydrogen-bond donors (Lipinski definition) is 2. The molecule has 0 aliphatic carbocycles. The van der Waals surface area contributed by atoms with Crippen molar-refractivity contribution in [2.24, 2.45) is 5.73 Å². The lowest BCUT2D eigenvalue weighted by Gasteiger charge is -2.32. The van der Waals surface area contributed by atoms with E-state index in [1.165, 1.54) is 12.1 Å². The van der Waals surface area contributed by atoms with Crippen molar-refractivity contribution in [1.29, 1.82) is 0 Å². The number of amides is 2. The number of primary amides is 1. The topological polar surface area (TPSA) is 90.6 Å². The standard InChI is InChI=1S/C23H26BF3N2O4/c1-21(2)22(3,4)33-24(32-21)15-11-9-14(10-12-15)13-18(19(28)30)29-20(31)16-7-5-6-8-17(16)23(25,26)27/h5-12,18H,13H2,1-4H3,(H2,28,30)(H,29,31)/t18-/m1/s1. The first kappa shape index (κ1) is 24.8. The maximum absolute atomic E-state index is 13.2. The molecular formula is C23H26BF3N2O4. The number of hydrogen-bond acceptors (Lipinski definition) is 4. The van der Waals surface area contributed by atoms with Gasteiger partial charge in [-0.2, -0.15) is 13.2 Å². The second-order valence-corrected chi connectivity index (χ2v) is 9.01. The summed E-state index contributed by atoms with van der Waals surface area (Å²) < 4.78 is 51.7. The molecule has 0 saturated carbocycles. The number of carbonyl (C=O) groups is 2. The van der Waals surface area contributed by atoms with Gasteiger partial charge in [0.25, 0.3) is 5.91 Å². The fourth-order valence-corrected chi connectivity index (χ4v) is 3.41. The molecule has 2 aromatic carbocycles. The van der Waals surface area contributed by atoms with E-state index in [0.29, 0.717) is 5.56 Å². The molecule has 0 aromatic heterocycles. The van der Waals surface area contributed by atoms with E-state index in [-0.39, 0.29) is 6.42 Å². The molecule has 0 radical (unpaired) electrons. The minimum Gasteiger partial charge on any atom is -0.399 e. The summed E-state index contributed by atoms with van der Waals surface area (Å²) in [6, 6.07) is 10.2. The van der Waals surface area contributed by atoms with Gasteiger partial charge in [-0.15, -0.1) is 0 Å². The molecule has 6 nitrogen and oxygen atoms in total. The SMILES string of the molecule is CC1(C)OB(c2ccc(C[C@@H](NC(=O)c3ccccc3C(F)(F)F)C(N)=O)cc2)OC1(C)C. The molecule has 10 heteroatoms. The van der Waals surface area contributed by atoms with Crippen molar-refractivity contribution in [2.45, 2.75) is 57.5 Å². The van der Waals surface area contributed by atoms with Crippen LogP contribution in [-0.4, -0.2) is 36.2 Å². The largest absolute Gasteiger partial charge is 0.494 e. The van der Waals surface area contributed by atoms with Crippen LogP contribution in [0.15, 0.2) is 48.5 Å². The van der Waals surface area contributed by atoms with Gasteiger partial charge >= 0.3 is 13.3 Å². The molecule has 1 aliphatic heterocycles. The number of benzene rings is 2. The van der Waals surface area contributed by atoms with Gasteiger partial charge in [-0.05, 0) is 50.9 Å². The summed E-state index contributed by atoms with van der Waals surface area (Å²) in [5.74, 6) is -1.89. The van der Waals surface area contributed by atoms with Gasteiger partial charge in [0.05, 0.1) is 22.3 Å². The quantitative estimate of drug-likeness (QED) is 0.647. The van der Waals surface area contributed by atoms with Crippen molar-refractivity contribution in [3.05, 3.63) is 65.2 Å². The Balaban J connectivity index is 1.73. The third-order valence-electron chi connectivity index (χ3n) is 6.07. The molecule has 33 heavy (non-hydrogen) atoms. The van der Waals surface area contributed by atoms with E-state index in [1.54, 1.807) is 24.3 Å². The van der Waals surface area contributed by atoms with Gasteiger partial charge in [0.1, 0.15) is 6.04 Å². The van der Waals surface area contributed by atoms with Crippen LogP contribution in [0.25, 0.3) is 0 Å². The first-order valence-corrected chi connectivity index (χ1v) is 10.4. The third kappa shape index (κ3) is 5.39. The van der Waals surface area contributed by atoms with Gasteiger partial charge in [0.2, 0.25) is 5.91 Å². The highest BCUT2D eigenvalue weighted by Gasteiger charge is 2.51. The van der Waals surface area contributed by atoms with Gasteiger partial charge in [0, 0.05) is 6.42 Å². The Labute approximate surface area is 190 Å². The predicted octanol–water partition coefficient (Wildman–Crippen LogP) is 2.83. The zero-order valence-electron chi connectivity index (χ0n) is 18.8. The van der Waals surface area contributed by atoms with E-state index >= 15 is 0 Å². The fourth-order valence-electron chi connectivity index (χ4n) is 3.41. The Hall–Kier alpha value is -2.85. The average Bonchev–Trinajstić information content (AvgIpc) is 2.94. The minimum atomic E-state index is -4.71. The fraction of sp³-hybridized carbons (Fsp3) is 0.391. The maximum Gasteiger partial charge on any atom is 0.494 e. The summed E-state index contributed by atoms with van der Waals surface area (Å²) in [6.45, 7) is 7.77. The normalized spacial score (nSPS) is 18.1. The van der Waals surface area contributed by atoms with Gasteiger partial charge < -0.3 is 20.4 Å². The minimum absolute atomic E-state index is 0.0128. The molecule has 0 spiro atoms. The van der Waals surface area contributed by atoms with Crippen LogP contribution in [0.4, 0.5) is 13.2 Å². The van der Waals surface area contributed by atoms with Crippen molar-refractivity contribution in [1.82, 2.24) is 5.32 Å². The van der Waals surface area contributed by atoms with Crippen LogP contribution in [0.2, 0.25) is 0 Å². The highest BCUT2D eigenvalue weighted by Crippen LogP contribution is 2.36. The molecule has 1 heterocycles. The second kappa shape index (κ2) is 8.83. The van der Waals surface area contributed by atoms with Gasteiger partial charge in [-0.3, -0.25) is 9.59 Å². The van der Waals surface area contributed by atoms with Gasteiger partial charge in [-0.1, -0.05) is 36.4 Å². The van der Waals surface area contributed by atoms with Crippen LogP contribution >= 0.6 is 0 Å². The Morgan fingerprint density at radius 2 is 1.55 bits per heavy atom. The molecule has 1 aliphatic rings. The van der Waals surface area contributed by atoms with Crippen LogP contribution in [-0.2, 0) is 26.7 Å². The molecule has 1 fully saturated rings. The molecule has 1 atom stereocenters. The highest BCUT2D eigenvalue weighted by molar-refractivity contribution is 6.62.